The molecule has 0 aliphatic rings. The van der Waals surface area contributed by atoms with Crippen molar-refractivity contribution in [1.82, 2.24) is 10.6 Å². The highest BCUT2D eigenvalue weighted by Gasteiger charge is 2.06. The number of hydrogen-bond donors (Lipinski definition) is 3. The lowest BCUT2D eigenvalue weighted by atomic mass is 10.1. The molecule has 2 amide bonds. The van der Waals surface area contributed by atoms with Crippen LogP contribution in [0.5, 0.6) is 0 Å². The molecule has 0 bridgehead atoms. The van der Waals surface area contributed by atoms with Crippen molar-refractivity contribution in [1.29, 1.82) is 0 Å². The Morgan fingerprint density at radius 2 is 1.71 bits per heavy atom. The van der Waals surface area contributed by atoms with Gasteiger partial charge in [0.15, 0.2) is 0 Å². The molecule has 0 saturated heterocycles. The highest BCUT2D eigenvalue weighted by atomic mass is 32.2. The van der Waals surface area contributed by atoms with Gasteiger partial charge in [-0.05, 0) is 29.7 Å². The van der Waals surface area contributed by atoms with Crippen LogP contribution in [0.25, 0.3) is 0 Å². The molecular formula is C19H24N2O2S. The predicted molar refractivity (Wildman–Crippen MR) is 99.2 cm³/mol. The molecule has 0 aliphatic carbocycles. The van der Waals surface area contributed by atoms with E-state index < -0.39 is 0 Å². The number of nitrogens with one attached hydrogen (secondary N) is 2. The number of carbonyl (C=O) groups is 1. The first-order chi connectivity index (χ1) is 11.7. The van der Waals surface area contributed by atoms with E-state index >= 15 is 0 Å². The molecule has 1 atom stereocenters. The maximum atomic E-state index is 11.8. The topological polar surface area (TPSA) is 61.4 Å². The molecule has 1 unspecified atom stereocenters. The maximum Gasteiger partial charge on any atom is 0.314 e. The van der Waals surface area contributed by atoms with Gasteiger partial charge in [-0.15, -0.1) is 11.8 Å². The van der Waals surface area contributed by atoms with Crippen LogP contribution in [0.15, 0.2) is 59.5 Å². The normalized spacial score (nSPS) is 11.8. The van der Waals surface area contributed by atoms with Crippen molar-refractivity contribution >= 4 is 17.8 Å². The largest absolute Gasteiger partial charge is 0.392 e. The SMILES string of the molecule is CC(CNC(=O)NCCc1ccc(CO)cc1)Sc1ccccc1. The number of rotatable bonds is 8. The molecule has 0 heterocycles. The minimum Gasteiger partial charge on any atom is -0.392 e. The van der Waals surface area contributed by atoms with Gasteiger partial charge in [0.05, 0.1) is 6.61 Å². The molecule has 0 saturated carbocycles. The first kappa shape index (κ1) is 18.4. The third-order valence-electron chi connectivity index (χ3n) is 3.54. The Morgan fingerprint density at radius 3 is 2.38 bits per heavy atom. The Kier molecular flexibility index (Phi) is 7.65. The molecule has 3 N–H and O–H groups in total. The van der Waals surface area contributed by atoms with Gasteiger partial charge in [-0.1, -0.05) is 49.4 Å². The minimum atomic E-state index is -0.137. The Labute approximate surface area is 147 Å². The molecule has 4 nitrogen and oxygen atoms in total. The molecule has 128 valence electrons. The molecule has 0 aliphatic heterocycles. The van der Waals surface area contributed by atoms with Crippen molar-refractivity contribution < 1.29 is 9.90 Å². The average Bonchev–Trinajstić information content (AvgIpc) is 2.61. The van der Waals surface area contributed by atoms with Crippen LogP contribution < -0.4 is 10.6 Å². The van der Waals surface area contributed by atoms with Gasteiger partial charge in [-0.2, -0.15) is 0 Å². The molecule has 0 spiro atoms. The molecule has 24 heavy (non-hydrogen) atoms. The van der Waals surface area contributed by atoms with Crippen LogP contribution in [0.1, 0.15) is 18.1 Å². The summed E-state index contributed by atoms with van der Waals surface area (Å²) in [6, 6.07) is 17.8. The number of urea groups is 1. The second kappa shape index (κ2) is 10.0. The van der Waals surface area contributed by atoms with Gasteiger partial charge in [0.2, 0.25) is 0 Å². The summed E-state index contributed by atoms with van der Waals surface area (Å²) in [5.74, 6) is 0. The van der Waals surface area contributed by atoms with E-state index in [1.54, 1.807) is 11.8 Å². The van der Waals surface area contributed by atoms with Crippen molar-refractivity contribution in [2.75, 3.05) is 13.1 Å². The summed E-state index contributed by atoms with van der Waals surface area (Å²) in [4.78, 5) is 13.0. The van der Waals surface area contributed by atoms with Crippen LogP contribution in [0.4, 0.5) is 4.79 Å². The summed E-state index contributed by atoms with van der Waals surface area (Å²) in [5, 5.41) is 15.1. The Hall–Kier alpha value is -1.98. The van der Waals surface area contributed by atoms with Gasteiger partial charge in [-0.25, -0.2) is 4.79 Å². The lowest BCUT2D eigenvalue weighted by molar-refractivity contribution is 0.241. The van der Waals surface area contributed by atoms with Crippen LogP contribution in [-0.2, 0) is 13.0 Å². The number of hydrogen-bond acceptors (Lipinski definition) is 3. The molecule has 0 radical (unpaired) electrons. The summed E-state index contributed by atoms with van der Waals surface area (Å²) >= 11 is 1.75. The van der Waals surface area contributed by atoms with Gasteiger partial charge in [0.25, 0.3) is 0 Å². The third kappa shape index (κ3) is 6.64. The number of amides is 2. The van der Waals surface area contributed by atoms with Crippen molar-refractivity contribution in [3.05, 3.63) is 65.7 Å². The third-order valence-corrected chi connectivity index (χ3v) is 4.65. The van der Waals surface area contributed by atoms with Crippen LogP contribution in [0.2, 0.25) is 0 Å². The van der Waals surface area contributed by atoms with E-state index in [2.05, 4.69) is 29.7 Å². The van der Waals surface area contributed by atoms with E-state index in [-0.39, 0.29) is 12.6 Å². The standard InChI is InChI=1S/C19H24N2O2S/c1-15(24-18-5-3-2-4-6-18)13-21-19(23)20-12-11-16-7-9-17(14-22)10-8-16/h2-10,15,22H,11-14H2,1H3,(H2,20,21,23). The second-order valence-electron chi connectivity index (χ2n) is 5.60. The van der Waals surface area contributed by atoms with Crippen LogP contribution in [0, 0.1) is 0 Å². The second-order valence-corrected chi connectivity index (χ2v) is 7.11. The minimum absolute atomic E-state index is 0.0557. The maximum absolute atomic E-state index is 11.8. The Bertz CT molecular complexity index is 617. The van der Waals surface area contributed by atoms with Crippen LogP contribution in [-0.4, -0.2) is 29.5 Å². The van der Waals surface area contributed by atoms with Gasteiger partial charge in [0.1, 0.15) is 0 Å². The summed E-state index contributed by atoms with van der Waals surface area (Å²) in [6.07, 6.45) is 0.771. The zero-order valence-electron chi connectivity index (χ0n) is 13.9. The molecule has 2 rings (SSSR count). The van der Waals surface area contributed by atoms with Crippen LogP contribution >= 0.6 is 11.8 Å². The van der Waals surface area contributed by atoms with E-state index in [1.807, 2.05) is 42.5 Å². The number of thioether (sulfide) groups is 1. The smallest absolute Gasteiger partial charge is 0.314 e. The molecular weight excluding hydrogens is 320 g/mol. The monoisotopic (exact) mass is 344 g/mol. The number of benzene rings is 2. The Balaban J connectivity index is 1.62. The first-order valence-electron chi connectivity index (χ1n) is 8.09. The van der Waals surface area contributed by atoms with Crippen molar-refractivity contribution in [3.63, 3.8) is 0 Å². The average molecular weight is 344 g/mol. The summed E-state index contributed by atoms with van der Waals surface area (Å²) in [5.41, 5.74) is 2.04. The fourth-order valence-electron chi connectivity index (χ4n) is 2.20. The fraction of sp³-hybridized carbons (Fsp3) is 0.316. The predicted octanol–water partition coefficient (Wildman–Crippen LogP) is 3.20. The van der Waals surface area contributed by atoms with Gasteiger partial charge < -0.3 is 15.7 Å². The van der Waals surface area contributed by atoms with Gasteiger partial charge in [-0.3, -0.25) is 0 Å². The summed E-state index contributed by atoms with van der Waals surface area (Å²) < 4.78 is 0. The number of aliphatic hydroxyl groups excluding tert-OH is 1. The van der Waals surface area contributed by atoms with Gasteiger partial charge in [0, 0.05) is 23.2 Å². The highest BCUT2D eigenvalue weighted by molar-refractivity contribution is 8.00. The van der Waals surface area contributed by atoms with E-state index in [9.17, 15) is 4.79 Å². The van der Waals surface area contributed by atoms with E-state index in [4.69, 9.17) is 5.11 Å². The summed E-state index contributed by atoms with van der Waals surface area (Å²) in [7, 11) is 0. The van der Waals surface area contributed by atoms with E-state index in [0.717, 1.165) is 17.5 Å². The lowest BCUT2D eigenvalue weighted by Gasteiger charge is -2.13. The number of aliphatic hydroxyl groups is 1. The molecule has 5 heteroatoms. The van der Waals surface area contributed by atoms with Crippen molar-refractivity contribution in [2.45, 2.75) is 30.1 Å². The molecule has 2 aromatic rings. The summed E-state index contributed by atoms with van der Waals surface area (Å²) in [6.45, 7) is 3.36. The zero-order chi connectivity index (χ0) is 17.2. The molecule has 0 fully saturated rings. The lowest BCUT2D eigenvalue weighted by Crippen LogP contribution is -2.39. The zero-order valence-corrected chi connectivity index (χ0v) is 14.7. The molecule has 0 aromatic heterocycles. The van der Waals surface area contributed by atoms with Gasteiger partial charge >= 0.3 is 6.03 Å². The molecule has 2 aromatic carbocycles. The van der Waals surface area contributed by atoms with E-state index in [0.29, 0.717) is 18.3 Å². The van der Waals surface area contributed by atoms with Crippen molar-refractivity contribution in [3.8, 4) is 0 Å². The van der Waals surface area contributed by atoms with Crippen molar-refractivity contribution in [2.24, 2.45) is 0 Å². The highest BCUT2D eigenvalue weighted by Crippen LogP contribution is 2.21. The fourth-order valence-corrected chi connectivity index (χ4v) is 3.15. The van der Waals surface area contributed by atoms with E-state index in [1.165, 1.54) is 4.90 Å². The first-order valence-corrected chi connectivity index (χ1v) is 8.97. The number of carbonyl (C=O) groups excluding carboxylic acids is 1. The van der Waals surface area contributed by atoms with Crippen LogP contribution in [0.3, 0.4) is 0 Å². The Morgan fingerprint density at radius 1 is 1.04 bits per heavy atom. The quantitative estimate of drug-likeness (QED) is 0.645.